The molecule has 2 heterocycles. The molecule has 124 valence electrons. The van der Waals surface area contributed by atoms with E-state index in [2.05, 4.69) is 0 Å². The van der Waals surface area contributed by atoms with Gasteiger partial charge < -0.3 is 14.7 Å². The minimum atomic E-state index is -0.891. The summed E-state index contributed by atoms with van der Waals surface area (Å²) in [7, 11) is 0. The minimum Gasteiger partial charge on any atom is -0.481 e. The summed E-state index contributed by atoms with van der Waals surface area (Å²) < 4.78 is 5.40. The molecule has 1 aromatic rings. The number of carboxylic acids is 1. The maximum atomic E-state index is 12.6. The summed E-state index contributed by atoms with van der Waals surface area (Å²) in [5, 5.41) is 10.5. The zero-order chi connectivity index (χ0) is 16.6. The number of ether oxygens (including phenoxy) is 1. The molecule has 0 aliphatic carbocycles. The maximum absolute atomic E-state index is 12.6. The Balaban J connectivity index is 1.78. The highest BCUT2D eigenvalue weighted by Gasteiger charge is 2.54. The van der Waals surface area contributed by atoms with E-state index in [4.69, 9.17) is 27.9 Å². The molecular weight excluding hydrogens is 341 g/mol. The van der Waals surface area contributed by atoms with Gasteiger partial charge in [0.05, 0.1) is 18.4 Å². The van der Waals surface area contributed by atoms with Crippen molar-refractivity contribution in [1.29, 1.82) is 0 Å². The zero-order valence-corrected chi connectivity index (χ0v) is 13.9. The van der Waals surface area contributed by atoms with Crippen LogP contribution in [0.25, 0.3) is 0 Å². The van der Waals surface area contributed by atoms with Crippen molar-refractivity contribution < 1.29 is 19.4 Å². The average molecular weight is 358 g/mol. The number of halogens is 2. The number of hydrogen-bond acceptors (Lipinski definition) is 3. The molecule has 2 saturated heterocycles. The lowest BCUT2D eigenvalue weighted by molar-refractivity contribution is -0.157. The maximum Gasteiger partial charge on any atom is 0.311 e. The number of carbonyl (C=O) groups is 2. The topological polar surface area (TPSA) is 66.8 Å². The highest BCUT2D eigenvalue weighted by atomic mass is 35.5. The number of carbonyl (C=O) groups excluding carboxylic acids is 1. The Kier molecular flexibility index (Phi) is 4.54. The van der Waals surface area contributed by atoms with Crippen molar-refractivity contribution in [2.75, 3.05) is 26.3 Å². The lowest BCUT2D eigenvalue weighted by Crippen LogP contribution is -2.45. The van der Waals surface area contributed by atoms with E-state index < -0.39 is 11.4 Å². The van der Waals surface area contributed by atoms with Crippen molar-refractivity contribution in [1.82, 2.24) is 4.90 Å². The molecule has 2 aliphatic rings. The monoisotopic (exact) mass is 357 g/mol. The van der Waals surface area contributed by atoms with E-state index in [1.807, 2.05) is 0 Å². The molecule has 0 saturated carbocycles. The summed E-state index contributed by atoms with van der Waals surface area (Å²) in [4.78, 5) is 26.0. The molecule has 0 spiro atoms. The van der Waals surface area contributed by atoms with Crippen molar-refractivity contribution in [3.63, 3.8) is 0 Å². The first-order valence-corrected chi connectivity index (χ1v) is 8.21. The SMILES string of the molecule is O=C(Cc1c(Cl)cccc1Cl)N1C[C@H]2COCC[C@@]2(C(=O)O)C1. The summed E-state index contributed by atoms with van der Waals surface area (Å²) in [5.41, 5.74) is -0.311. The van der Waals surface area contributed by atoms with E-state index >= 15 is 0 Å². The fraction of sp³-hybridized carbons (Fsp3) is 0.500. The molecule has 2 atom stereocenters. The Morgan fingerprint density at radius 2 is 2.04 bits per heavy atom. The van der Waals surface area contributed by atoms with Gasteiger partial charge >= 0.3 is 5.97 Å². The summed E-state index contributed by atoms with van der Waals surface area (Å²) in [5.74, 6) is -1.17. The summed E-state index contributed by atoms with van der Waals surface area (Å²) in [6, 6.07) is 5.10. The van der Waals surface area contributed by atoms with Crippen LogP contribution in [0.1, 0.15) is 12.0 Å². The number of carboxylic acid groups (broad SMARTS) is 1. The Morgan fingerprint density at radius 3 is 2.65 bits per heavy atom. The van der Waals surface area contributed by atoms with Crippen molar-refractivity contribution in [3.05, 3.63) is 33.8 Å². The normalized spacial score (nSPS) is 26.9. The first kappa shape index (κ1) is 16.6. The Bertz CT molecular complexity index is 631. The third kappa shape index (κ3) is 2.93. The number of hydrogen-bond donors (Lipinski definition) is 1. The number of likely N-dealkylation sites (tertiary alicyclic amines) is 1. The van der Waals surface area contributed by atoms with Gasteiger partial charge in [0, 0.05) is 35.7 Å². The molecule has 2 fully saturated rings. The lowest BCUT2D eigenvalue weighted by atomic mass is 9.74. The van der Waals surface area contributed by atoms with E-state index in [0.29, 0.717) is 41.8 Å². The van der Waals surface area contributed by atoms with E-state index in [9.17, 15) is 14.7 Å². The van der Waals surface area contributed by atoms with E-state index in [1.54, 1.807) is 23.1 Å². The van der Waals surface area contributed by atoms with Crippen molar-refractivity contribution in [3.8, 4) is 0 Å². The number of fused-ring (bicyclic) bond motifs is 1. The highest BCUT2D eigenvalue weighted by Crippen LogP contribution is 2.42. The number of aliphatic carboxylic acids is 1. The Hall–Kier alpha value is -1.30. The predicted octanol–water partition coefficient (Wildman–Crippen LogP) is 2.49. The van der Waals surface area contributed by atoms with Gasteiger partial charge in [0.2, 0.25) is 5.91 Å². The van der Waals surface area contributed by atoms with Crippen LogP contribution in [-0.2, 0) is 20.7 Å². The third-order valence-electron chi connectivity index (χ3n) is 4.88. The van der Waals surface area contributed by atoms with Crippen LogP contribution >= 0.6 is 23.2 Å². The molecule has 0 bridgehead atoms. The van der Waals surface area contributed by atoms with E-state index in [0.717, 1.165) is 0 Å². The number of rotatable bonds is 3. The van der Waals surface area contributed by atoms with Gasteiger partial charge in [-0.25, -0.2) is 0 Å². The zero-order valence-electron chi connectivity index (χ0n) is 12.4. The van der Waals surface area contributed by atoms with Crippen LogP contribution < -0.4 is 0 Å². The third-order valence-corrected chi connectivity index (χ3v) is 5.58. The van der Waals surface area contributed by atoms with Gasteiger partial charge in [-0.3, -0.25) is 9.59 Å². The molecule has 1 amide bonds. The molecule has 2 aliphatic heterocycles. The molecule has 1 aromatic carbocycles. The molecule has 3 rings (SSSR count). The first-order chi connectivity index (χ1) is 10.9. The van der Waals surface area contributed by atoms with Crippen LogP contribution in [0.15, 0.2) is 18.2 Å². The Morgan fingerprint density at radius 1 is 1.35 bits per heavy atom. The van der Waals surface area contributed by atoms with Gasteiger partial charge in [-0.1, -0.05) is 29.3 Å². The number of amides is 1. The largest absolute Gasteiger partial charge is 0.481 e. The second-order valence-electron chi connectivity index (χ2n) is 6.13. The van der Waals surface area contributed by atoms with Crippen molar-refractivity contribution in [2.45, 2.75) is 12.8 Å². The second kappa shape index (κ2) is 6.30. The molecule has 1 N–H and O–H groups in total. The fourth-order valence-electron chi connectivity index (χ4n) is 3.45. The molecule has 5 nitrogen and oxygen atoms in total. The van der Waals surface area contributed by atoms with Crippen LogP contribution in [-0.4, -0.2) is 48.2 Å². The van der Waals surface area contributed by atoms with Crippen LogP contribution in [0, 0.1) is 11.3 Å². The van der Waals surface area contributed by atoms with Crippen LogP contribution in [0.4, 0.5) is 0 Å². The molecule has 0 unspecified atom stereocenters. The van der Waals surface area contributed by atoms with Gasteiger partial charge in [-0.15, -0.1) is 0 Å². The minimum absolute atomic E-state index is 0.0712. The standard InChI is InChI=1S/C16H17Cl2NO4/c17-12-2-1-3-13(18)11(12)6-14(20)19-7-10-8-23-5-4-16(10,9-19)15(21)22/h1-3,10H,4-9H2,(H,21,22)/t10-,16+/m0/s1. The van der Waals surface area contributed by atoms with Gasteiger partial charge in [-0.05, 0) is 24.1 Å². The molecule has 7 heteroatoms. The molecule has 0 aromatic heterocycles. The van der Waals surface area contributed by atoms with E-state index in [-0.39, 0.29) is 24.8 Å². The van der Waals surface area contributed by atoms with Gasteiger partial charge in [-0.2, -0.15) is 0 Å². The van der Waals surface area contributed by atoms with Crippen LogP contribution in [0.2, 0.25) is 10.0 Å². The van der Waals surface area contributed by atoms with E-state index in [1.165, 1.54) is 0 Å². The quantitative estimate of drug-likeness (QED) is 0.902. The van der Waals surface area contributed by atoms with Crippen LogP contribution in [0.3, 0.4) is 0 Å². The summed E-state index contributed by atoms with van der Waals surface area (Å²) in [6.45, 7) is 1.41. The van der Waals surface area contributed by atoms with Crippen molar-refractivity contribution in [2.24, 2.45) is 11.3 Å². The smallest absolute Gasteiger partial charge is 0.311 e. The molecule has 0 radical (unpaired) electrons. The highest BCUT2D eigenvalue weighted by molar-refractivity contribution is 6.36. The average Bonchev–Trinajstić information content (AvgIpc) is 2.92. The summed E-state index contributed by atoms with van der Waals surface area (Å²) >= 11 is 12.2. The predicted molar refractivity (Wildman–Crippen MR) is 85.7 cm³/mol. The van der Waals surface area contributed by atoms with Gasteiger partial charge in [0.15, 0.2) is 0 Å². The molecular formula is C16H17Cl2NO4. The second-order valence-corrected chi connectivity index (χ2v) is 6.95. The lowest BCUT2D eigenvalue weighted by Gasteiger charge is -2.33. The summed E-state index contributed by atoms with van der Waals surface area (Å²) in [6.07, 6.45) is 0.505. The molecule has 23 heavy (non-hydrogen) atoms. The number of nitrogens with zero attached hydrogens (tertiary/aromatic N) is 1. The first-order valence-electron chi connectivity index (χ1n) is 7.46. The van der Waals surface area contributed by atoms with Gasteiger partial charge in [0.25, 0.3) is 0 Å². The Labute approximate surface area is 144 Å². The van der Waals surface area contributed by atoms with Crippen molar-refractivity contribution >= 4 is 35.1 Å². The van der Waals surface area contributed by atoms with Crippen LogP contribution in [0.5, 0.6) is 0 Å². The fourth-order valence-corrected chi connectivity index (χ4v) is 3.98. The van der Waals surface area contributed by atoms with Gasteiger partial charge in [0.1, 0.15) is 0 Å². The number of benzene rings is 1.